The molecule has 0 saturated carbocycles. The molecule has 6 nitrogen and oxygen atoms in total. The van der Waals surface area contributed by atoms with Gasteiger partial charge in [-0.25, -0.2) is 8.42 Å². The normalized spacial score (nSPS) is 19.7. The summed E-state index contributed by atoms with van der Waals surface area (Å²) >= 11 is 0. The van der Waals surface area contributed by atoms with Crippen LogP contribution in [0.2, 0.25) is 0 Å². The summed E-state index contributed by atoms with van der Waals surface area (Å²) < 4.78 is 28.0. The summed E-state index contributed by atoms with van der Waals surface area (Å²) in [5.74, 6) is 0.0327. The van der Waals surface area contributed by atoms with Gasteiger partial charge in [-0.15, -0.1) is 0 Å². The molecule has 0 spiro atoms. The molecule has 0 bridgehead atoms. The SMILES string of the molecule is Cc1ccc(S(=O)(=O)Nc2ccc(C(=O)N3CCCC3CN3CCCC3)cc2)cc1C. The smallest absolute Gasteiger partial charge is 0.261 e. The van der Waals surface area contributed by atoms with E-state index in [2.05, 4.69) is 9.62 Å². The Labute approximate surface area is 185 Å². The predicted molar refractivity (Wildman–Crippen MR) is 123 cm³/mol. The van der Waals surface area contributed by atoms with Gasteiger partial charge in [0, 0.05) is 30.4 Å². The largest absolute Gasteiger partial charge is 0.334 e. The first kappa shape index (κ1) is 21.8. The number of aryl methyl sites for hydroxylation is 2. The average Bonchev–Trinajstić information content (AvgIpc) is 3.42. The number of nitrogens with zero attached hydrogens (tertiary/aromatic N) is 2. The van der Waals surface area contributed by atoms with Crippen molar-refractivity contribution in [2.75, 3.05) is 30.9 Å². The van der Waals surface area contributed by atoms with Crippen LogP contribution in [0.4, 0.5) is 5.69 Å². The van der Waals surface area contributed by atoms with Gasteiger partial charge < -0.3 is 9.80 Å². The van der Waals surface area contributed by atoms with Crippen LogP contribution in [-0.2, 0) is 10.0 Å². The molecule has 2 heterocycles. The minimum atomic E-state index is -3.67. The van der Waals surface area contributed by atoms with Gasteiger partial charge in [-0.3, -0.25) is 9.52 Å². The number of hydrogen-bond donors (Lipinski definition) is 1. The average molecular weight is 442 g/mol. The molecular formula is C24H31N3O3S. The van der Waals surface area contributed by atoms with E-state index < -0.39 is 10.0 Å². The molecule has 0 aliphatic carbocycles. The molecular weight excluding hydrogens is 410 g/mol. The Morgan fingerprint density at radius 2 is 1.68 bits per heavy atom. The third-order valence-electron chi connectivity index (χ3n) is 6.48. The number of likely N-dealkylation sites (tertiary alicyclic amines) is 2. The molecule has 2 aromatic carbocycles. The Balaban J connectivity index is 1.43. The fourth-order valence-corrected chi connectivity index (χ4v) is 5.64. The van der Waals surface area contributed by atoms with E-state index in [4.69, 9.17) is 0 Å². The Bertz CT molecular complexity index is 1040. The number of nitrogens with one attached hydrogen (secondary N) is 1. The van der Waals surface area contributed by atoms with E-state index in [1.54, 1.807) is 42.5 Å². The zero-order chi connectivity index (χ0) is 22.0. The number of benzene rings is 2. The second-order valence-electron chi connectivity index (χ2n) is 8.73. The molecule has 7 heteroatoms. The van der Waals surface area contributed by atoms with E-state index in [0.717, 1.165) is 50.1 Å². The summed E-state index contributed by atoms with van der Waals surface area (Å²) in [6.07, 6.45) is 4.59. The van der Waals surface area contributed by atoms with Crippen LogP contribution in [0.1, 0.15) is 47.2 Å². The molecule has 166 valence electrons. The van der Waals surface area contributed by atoms with E-state index in [0.29, 0.717) is 11.3 Å². The fourth-order valence-electron chi connectivity index (χ4n) is 4.50. The predicted octanol–water partition coefficient (Wildman–Crippen LogP) is 3.80. The summed E-state index contributed by atoms with van der Waals surface area (Å²) in [5, 5.41) is 0. The molecule has 4 rings (SSSR count). The second-order valence-corrected chi connectivity index (χ2v) is 10.4. The van der Waals surface area contributed by atoms with Crippen molar-refractivity contribution in [3.63, 3.8) is 0 Å². The van der Waals surface area contributed by atoms with Crippen molar-refractivity contribution >= 4 is 21.6 Å². The summed E-state index contributed by atoms with van der Waals surface area (Å²) in [5.41, 5.74) is 3.02. The van der Waals surface area contributed by atoms with Gasteiger partial charge in [0.2, 0.25) is 0 Å². The molecule has 2 fully saturated rings. The number of carbonyl (C=O) groups is 1. The van der Waals surface area contributed by atoms with Crippen molar-refractivity contribution < 1.29 is 13.2 Å². The van der Waals surface area contributed by atoms with Crippen LogP contribution >= 0.6 is 0 Å². The number of hydrogen-bond acceptors (Lipinski definition) is 4. The molecule has 1 amide bonds. The number of amides is 1. The van der Waals surface area contributed by atoms with Crippen LogP contribution in [0.5, 0.6) is 0 Å². The van der Waals surface area contributed by atoms with Gasteiger partial charge in [0.15, 0.2) is 0 Å². The Morgan fingerprint density at radius 1 is 0.968 bits per heavy atom. The first-order valence-corrected chi connectivity index (χ1v) is 12.6. The van der Waals surface area contributed by atoms with Crippen LogP contribution < -0.4 is 4.72 Å². The maximum Gasteiger partial charge on any atom is 0.261 e. The van der Waals surface area contributed by atoms with E-state index in [1.807, 2.05) is 18.7 Å². The third-order valence-corrected chi connectivity index (χ3v) is 7.86. The molecule has 31 heavy (non-hydrogen) atoms. The van der Waals surface area contributed by atoms with Crippen LogP contribution in [0.15, 0.2) is 47.4 Å². The van der Waals surface area contributed by atoms with Crippen molar-refractivity contribution in [3.8, 4) is 0 Å². The lowest BCUT2D eigenvalue weighted by atomic mass is 10.1. The highest BCUT2D eigenvalue weighted by Crippen LogP contribution is 2.24. The number of sulfonamides is 1. The van der Waals surface area contributed by atoms with Crippen molar-refractivity contribution in [1.29, 1.82) is 0 Å². The molecule has 1 N–H and O–H groups in total. The van der Waals surface area contributed by atoms with Crippen molar-refractivity contribution in [2.24, 2.45) is 0 Å². The quantitative estimate of drug-likeness (QED) is 0.740. The van der Waals surface area contributed by atoms with Gasteiger partial charge in [0.25, 0.3) is 15.9 Å². The molecule has 0 aromatic heterocycles. The maximum absolute atomic E-state index is 13.1. The van der Waals surface area contributed by atoms with Gasteiger partial charge in [-0.05, 0) is 100 Å². The first-order valence-electron chi connectivity index (χ1n) is 11.1. The van der Waals surface area contributed by atoms with Gasteiger partial charge in [-0.1, -0.05) is 6.07 Å². The minimum Gasteiger partial charge on any atom is -0.334 e. The third kappa shape index (κ3) is 4.93. The summed E-state index contributed by atoms with van der Waals surface area (Å²) in [6.45, 7) is 7.86. The monoisotopic (exact) mass is 441 g/mol. The Morgan fingerprint density at radius 3 is 2.35 bits per heavy atom. The van der Waals surface area contributed by atoms with E-state index in [-0.39, 0.29) is 16.8 Å². The standard InChI is InChI=1S/C24H31N3O3S/c1-18-7-12-23(16-19(18)2)31(29,30)25-21-10-8-20(9-11-21)24(28)27-15-5-6-22(27)17-26-13-3-4-14-26/h7-12,16,22,25H,3-6,13-15,17H2,1-2H3. The molecule has 0 radical (unpaired) electrons. The molecule has 2 aliphatic rings. The zero-order valence-electron chi connectivity index (χ0n) is 18.3. The van der Waals surface area contributed by atoms with Crippen LogP contribution in [0, 0.1) is 13.8 Å². The zero-order valence-corrected chi connectivity index (χ0v) is 19.1. The minimum absolute atomic E-state index is 0.0327. The lowest BCUT2D eigenvalue weighted by Gasteiger charge is -2.28. The number of rotatable bonds is 6. The van der Waals surface area contributed by atoms with E-state index >= 15 is 0 Å². The van der Waals surface area contributed by atoms with Gasteiger partial charge in [0.1, 0.15) is 0 Å². The van der Waals surface area contributed by atoms with E-state index in [1.165, 1.54) is 12.8 Å². The van der Waals surface area contributed by atoms with Crippen molar-refractivity contribution in [3.05, 3.63) is 59.2 Å². The van der Waals surface area contributed by atoms with Crippen molar-refractivity contribution in [2.45, 2.75) is 50.5 Å². The van der Waals surface area contributed by atoms with Crippen LogP contribution in [-0.4, -0.2) is 56.3 Å². The van der Waals surface area contributed by atoms with Gasteiger partial charge in [-0.2, -0.15) is 0 Å². The van der Waals surface area contributed by atoms with Crippen LogP contribution in [0.25, 0.3) is 0 Å². The number of carbonyl (C=O) groups excluding carboxylic acids is 1. The number of anilines is 1. The summed E-state index contributed by atoms with van der Waals surface area (Å²) in [6, 6.07) is 12.1. The highest BCUT2D eigenvalue weighted by Gasteiger charge is 2.31. The topological polar surface area (TPSA) is 69.7 Å². The molecule has 2 saturated heterocycles. The van der Waals surface area contributed by atoms with Gasteiger partial charge in [0.05, 0.1) is 4.90 Å². The molecule has 2 aliphatic heterocycles. The fraction of sp³-hybridized carbons (Fsp3) is 0.458. The Hall–Kier alpha value is -2.38. The van der Waals surface area contributed by atoms with Crippen molar-refractivity contribution in [1.82, 2.24) is 9.80 Å². The molecule has 1 unspecified atom stereocenters. The highest BCUT2D eigenvalue weighted by molar-refractivity contribution is 7.92. The van der Waals surface area contributed by atoms with Crippen LogP contribution in [0.3, 0.4) is 0 Å². The van der Waals surface area contributed by atoms with E-state index in [9.17, 15) is 13.2 Å². The summed E-state index contributed by atoms with van der Waals surface area (Å²) in [7, 11) is -3.67. The summed E-state index contributed by atoms with van der Waals surface area (Å²) in [4.78, 5) is 17.8. The molecule has 2 aromatic rings. The highest BCUT2D eigenvalue weighted by atomic mass is 32.2. The second kappa shape index (κ2) is 9.01. The first-order chi connectivity index (χ1) is 14.8. The lowest BCUT2D eigenvalue weighted by molar-refractivity contribution is 0.0709. The molecule has 1 atom stereocenters. The maximum atomic E-state index is 13.1. The Kier molecular flexibility index (Phi) is 6.34. The lowest BCUT2D eigenvalue weighted by Crippen LogP contribution is -2.42. The van der Waals surface area contributed by atoms with Gasteiger partial charge >= 0.3 is 0 Å².